The van der Waals surface area contributed by atoms with Crippen molar-refractivity contribution in [3.8, 4) is 0 Å². The van der Waals surface area contributed by atoms with E-state index in [9.17, 15) is 0 Å². The van der Waals surface area contributed by atoms with Crippen LogP contribution >= 0.6 is 0 Å². The van der Waals surface area contributed by atoms with Crippen molar-refractivity contribution in [1.82, 2.24) is 4.90 Å². The van der Waals surface area contributed by atoms with Gasteiger partial charge >= 0.3 is 0 Å². The van der Waals surface area contributed by atoms with Crippen molar-refractivity contribution in [2.75, 3.05) is 26.3 Å². The molecule has 1 aliphatic carbocycles. The zero-order valence-electron chi connectivity index (χ0n) is 10.5. The average molecular weight is 226 g/mol. The van der Waals surface area contributed by atoms with E-state index in [0.717, 1.165) is 25.7 Å². The van der Waals surface area contributed by atoms with Crippen LogP contribution in [0.5, 0.6) is 0 Å². The van der Waals surface area contributed by atoms with Gasteiger partial charge in [0.05, 0.1) is 13.2 Å². The molecule has 2 rings (SSSR count). The summed E-state index contributed by atoms with van der Waals surface area (Å²) in [6, 6.07) is 1.07. The molecule has 0 spiro atoms. The number of nitrogens with two attached hydrogens (primary N) is 1. The SMILES string of the molecule is CCC1COCCN1CC1CCCCC1N. The van der Waals surface area contributed by atoms with Crippen LogP contribution in [0.1, 0.15) is 39.0 Å². The van der Waals surface area contributed by atoms with Crippen molar-refractivity contribution in [3.05, 3.63) is 0 Å². The highest BCUT2D eigenvalue weighted by molar-refractivity contribution is 4.83. The zero-order chi connectivity index (χ0) is 11.4. The fourth-order valence-electron chi connectivity index (χ4n) is 3.07. The molecule has 3 heteroatoms. The molecule has 3 nitrogen and oxygen atoms in total. The predicted molar refractivity (Wildman–Crippen MR) is 66.4 cm³/mol. The van der Waals surface area contributed by atoms with Crippen molar-refractivity contribution in [2.24, 2.45) is 11.7 Å². The van der Waals surface area contributed by atoms with Gasteiger partial charge in [0.1, 0.15) is 0 Å². The molecule has 0 radical (unpaired) electrons. The standard InChI is InChI=1S/C13H26N2O/c1-2-12-10-16-8-7-15(12)9-11-5-3-4-6-13(11)14/h11-13H,2-10,14H2,1H3. The maximum Gasteiger partial charge on any atom is 0.0622 e. The fraction of sp³-hybridized carbons (Fsp3) is 1.00. The van der Waals surface area contributed by atoms with E-state index in [0.29, 0.717) is 12.1 Å². The molecular formula is C13H26N2O. The van der Waals surface area contributed by atoms with Gasteiger partial charge in [-0.25, -0.2) is 0 Å². The lowest BCUT2D eigenvalue weighted by Crippen LogP contribution is -2.50. The molecule has 2 N–H and O–H groups in total. The summed E-state index contributed by atoms with van der Waals surface area (Å²) in [4.78, 5) is 2.61. The maximum absolute atomic E-state index is 6.23. The quantitative estimate of drug-likeness (QED) is 0.794. The average Bonchev–Trinajstić information content (AvgIpc) is 2.33. The van der Waals surface area contributed by atoms with Crippen LogP contribution < -0.4 is 5.73 Å². The molecule has 0 amide bonds. The number of ether oxygens (including phenoxy) is 1. The molecule has 1 saturated heterocycles. The van der Waals surface area contributed by atoms with Crippen molar-refractivity contribution in [3.63, 3.8) is 0 Å². The molecular weight excluding hydrogens is 200 g/mol. The molecule has 3 unspecified atom stereocenters. The van der Waals surface area contributed by atoms with Crippen LogP contribution in [0.25, 0.3) is 0 Å². The summed E-state index contributed by atoms with van der Waals surface area (Å²) in [7, 11) is 0. The first-order chi connectivity index (χ1) is 7.81. The third-order valence-electron chi connectivity index (χ3n) is 4.26. The normalized spacial score (nSPS) is 37.5. The first kappa shape index (κ1) is 12.3. The Morgan fingerprint density at radius 3 is 2.88 bits per heavy atom. The number of morpholine rings is 1. The molecule has 1 heterocycles. The van der Waals surface area contributed by atoms with Gasteiger partial charge in [-0.2, -0.15) is 0 Å². The molecule has 94 valence electrons. The molecule has 1 saturated carbocycles. The topological polar surface area (TPSA) is 38.5 Å². The number of hydrogen-bond donors (Lipinski definition) is 1. The summed E-state index contributed by atoms with van der Waals surface area (Å²) in [6.07, 6.45) is 6.46. The first-order valence-corrected chi connectivity index (χ1v) is 6.88. The van der Waals surface area contributed by atoms with Crippen LogP contribution in [0, 0.1) is 5.92 Å². The minimum atomic E-state index is 0.439. The third kappa shape index (κ3) is 2.96. The predicted octanol–water partition coefficient (Wildman–Crippen LogP) is 1.61. The third-order valence-corrected chi connectivity index (χ3v) is 4.26. The lowest BCUT2D eigenvalue weighted by atomic mass is 9.84. The maximum atomic E-state index is 6.23. The van der Waals surface area contributed by atoms with Crippen molar-refractivity contribution in [2.45, 2.75) is 51.1 Å². The second kappa shape index (κ2) is 5.99. The van der Waals surface area contributed by atoms with E-state index in [4.69, 9.17) is 10.5 Å². The Kier molecular flexibility index (Phi) is 4.62. The van der Waals surface area contributed by atoms with Crippen LogP contribution in [0.4, 0.5) is 0 Å². The van der Waals surface area contributed by atoms with Crippen molar-refractivity contribution >= 4 is 0 Å². The minimum Gasteiger partial charge on any atom is -0.378 e. The summed E-state index contributed by atoms with van der Waals surface area (Å²) in [5.74, 6) is 0.723. The van der Waals surface area contributed by atoms with Gasteiger partial charge < -0.3 is 10.5 Å². The lowest BCUT2D eigenvalue weighted by molar-refractivity contribution is -0.0191. The summed E-state index contributed by atoms with van der Waals surface area (Å²) >= 11 is 0. The summed E-state index contributed by atoms with van der Waals surface area (Å²) in [6.45, 7) is 6.37. The Bertz CT molecular complexity index is 210. The van der Waals surface area contributed by atoms with E-state index in [1.54, 1.807) is 0 Å². The zero-order valence-corrected chi connectivity index (χ0v) is 10.5. The lowest BCUT2D eigenvalue weighted by Gasteiger charge is -2.39. The molecule has 0 bridgehead atoms. The number of rotatable bonds is 3. The largest absolute Gasteiger partial charge is 0.378 e. The van der Waals surface area contributed by atoms with E-state index in [1.165, 1.54) is 38.6 Å². The van der Waals surface area contributed by atoms with Crippen LogP contribution in [-0.4, -0.2) is 43.3 Å². The fourth-order valence-corrected chi connectivity index (χ4v) is 3.07. The minimum absolute atomic E-state index is 0.439. The van der Waals surface area contributed by atoms with Gasteiger partial charge in [-0.15, -0.1) is 0 Å². The van der Waals surface area contributed by atoms with E-state index in [2.05, 4.69) is 11.8 Å². The van der Waals surface area contributed by atoms with Crippen LogP contribution in [-0.2, 0) is 4.74 Å². The van der Waals surface area contributed by atoms with Gasteiger partial charge in [0, 0.05) is 25.2 Å². The summed E-state index contributed by atoms with van der Waals surface area (Å²) in [5, 5.41) is 0. The molecule has 0 aromatic rings. The Balaban J connectivity index is 1.86. The molecule has 3 atom stereocenters. The Morgan fingerprint density at radius 1 is 1.31 bits per heavy atom. The van der Waals surface area contributed by atoms with E-state index >= 15 is 0 Å². The molecule has 1 aliphatic heterocycles. The molecule has 16 heavy (non-hydrogen) atoms. The summed E-state index contributed by atoms with van der Waals surface area (Å²) < 4.78 is 5.55. The first-order valence-electron chi connectivity index (χ1n) is 6.88. The molecule has 0 aromatic heterocycles. The van der Waals surface area contributed by atoms with Crippen molar-refractivity contribution in [1.29, 1.82) is 0 Å². The van der Waals surface area contributed by atoms with Gasteiger partial charge in [0.25, 0.3) is 0 Å². The second-order valence-corrected chi connectivity index (χ2v) is 5.34. The van der Waals surface area contributed by atoms with Gasteiger partial charge in [-0.05, 0) is 25.2 Å². The number of nitrogens with zero attached hydrogens (tertiary/aromatic N) is 1. The van der Waals surface area contributed by atoms with Gasteiger partial charge in [-0.3, -0.25) is 4.90 Å². The van der Waals surface area contributed by atoms with Crippen LogP contribution in [0.3, 0.4) is 0 Å². The Morgan fingerprint density at radius 2 is 2.12 bits per heavy atom. The molecule has 0 aromatic carbocycles. The summed E-state index contributed by atoms with van der Waals surface area (Å²) in [5.41, 5.74) is 6.23. The number of hydrogen-bond acceptors (Lipinski definition) is 3. The highest BCUT2D eigenvalue weighted by Crippen LogP contribution is 2.25. The van der Waals surface area contributed by atoms with E-state index < -0.39 is 0 Å². The monoisotopic (exact) mass is 226 g/mol. The smallest absolute Gasteiger partial charge is 0.0622 e. The second-order valence-electron chi connectivity index (χ2n) is 5.34. The van der Waals surface area contributed by atoms with Gasteiger partial charge in [0.15, 0.2) is 0 Å². The molecule has 2 aliphatic rings. The molecule has 2 fully saturated rings. The highest BCUT2D eigenvalue weighted by atomic mass is 16.5. The Hall–Kier alpha value is -0.120. The van der Waals surface area contributed by atoms with Crippen molar-refractivity contribution < 1.29 is 4.74 Å². The van der Waals surface area contributed by atoms with Gasteiger partial charge in [0.2, 0.25) is 0 Å². The van der Waals surface area contributed by atoms with Crippen LogP contribution in [0.2, 0.25) is 0 Å². The highest BCUT2D eigenvalue weighted by Gasteiger charge is 2.28. The van der Waals surface area contributed by atoms with E-state index in [-0.39, 0.29) is 0 Å². The Labute approximate surface area is 99.3 Å². The van der Waals surface area contributed by atoms with Gasteiger partial charge in [-0.1, -0.05) is 19.8 Å². The van der Waals surface area contributed by atoms with E-state index in [1.807, 2.05) is 0 Å². The van der Waals surface area contributed by atoms with Crippen LogP contribution in [0.15, 0.2) is 0 Å².